The second kappa shape index (κ2) is 8.71. The molecule has 0 aliphatic rings. The van der Waals surface area contributed by atoms with Gasteiger partial charge in [0.1, 0.15) is 5.75 Å². The van der Waals surface area contributed by atoms with Crippen LogP contribution >= 0.6 is 0 Å². The van der Waals surface area contributed by atoms with Crippen LogP contribution in [0.15, 0.2) is 30.3 Å². The van der Waals surface area contributed by atoms with Crippen LogP contribution in [0.1, 0.15) is 27.8 Å². The molecular weight excluding hydrogens is 340 g/mol. The van der Waals surface area contributed by atoms with Gasteiger partial charge in [-0.2, -0.15) is 0 Å². The topological polar surface area (TPSA) is 58.6 Å². The average molecular weight is 368 g/mol. The number of aryl methyl sites for hydroxylation is 4. The predicted molar refractivity (Wildman–Crippen MR) is 108 cm³/mol. The molecule has 2 rings (SSSR count). The summed E-state index contributed by atoms with van der Waals surface area (Å²) in [5.41, 5.74) is 5.87. The van der Waals surface area contributed by atoms with Crippen molar-refractivity contribution in [2.24, 2.45) is 0 Å². The van der Waals surface area contributed by atoms with E-state index in [-0.39, 0.29) is 24.8 Å². The molecule has 2 amide bonds. The fraction of sp³-hybridized carbons (Fsp3) is 0.364. The van der Waals surface area contributed by atoms with Crippen LogP contribution in [0.5, 0.6) is 5.75 Å². The van der Waals surface area contributed by atoms with E-state index in [9.17, 15) is 9.59 Å². The van der Waals surface area contributed by atoms with Crippen molar-refractivity contribution in [3.8, 4) is 5.75 Å². The van der Waals surface area contributed by atoms with Crippen LogP contribution in [0.4, 0.5) is 5.69 Å². The van der Waals surface area contributed by atoms with Gasteiger partial charge < -0.3 is 15.0 Å². The summed E-state index contributed by atoms with van der Waals surface area (Å²) in [7, 11) is 3.22. The van der Waals surface area contributed by atoms with Gasteiger partial charge in [-0.3, -0.25) is 9.59 Å². The van der Waals surface area contributed by atoms with E-state index in [1.807, 2.05) is 58.0 Å². The second-order valence-corrected chi connectivity index (χ2v) is 7.06. The molecule has 0 aliphatic carbocycles. The Morgan fingerprint density at radius 3 is 2.22 bits per heavy atom. The maximum Gasteiger partial charge on any atom is 0.243 e. The summed E-state index contributed by atoms with van der Waals surface area (Å²) in [5, 5.41) is 2.93. The highest BCUT2D eigenvalue weighted by Gasteiger charge is 2.17. The smallest absolute Gasteiger partial charge is 0.243 e. The Morgan fingerprint density at radius 2 is 1.63 bits per heavy atom. The number of amides is 2. The number of carbonyl (C=O) groups excluding carboxylic acids is 2. The fourth-order valence-electron chi connectivity index (χ4n) is 3.20. The van der Waals surface area contributed by atoms with Crippen molar-refractivity contribution in [2.75, 3.05) is 26.0 Å². The van der Waals surface area contributed by atoms with Crippen LogP contribution in [0, 0.1) is 27.7 Å². The molecule has 0 bridgehead atoms. The Kier molecular flexibility index (Phi) is 6.61. The molecule has 0 unspecified atom stereocenters. The monoisotopic (exact) mass is 368 g/mol. The summed E-state index contributed by atoms with van der Waals surface area (Å²) in [4.78, 5) is 26.4. The first kappa shape index (κ1) is 20.5. The van der Waals surface area contributed by atoms with Crippen molar-refractivity contribution < 1.29 is 14.3 Å². The van der Waals surface area contributed by atoms with Crippen LogP contribution in [0.25, 0.3) is 0 Å². The first-order chi connectivity index (χ1) is 12.7. The summed E-state index contributed by atoms with van der Waals surface area (Å²) < 4.78 is 5.33. The number of rotatable bonds is 6. The Labute approximate surface area is 161 Å². The molecule has 5 nitrogen and oxygen atoms in total. The highest BCUT2D eigenvalue weighted by atomic mass is 16.5. The van der Waals surface area contributed by atoms with E-state index in [4.69, 9.17) is 4.74 Å². The maximum atomic E-state index is 12.5. The van der Waals surface area contributed by atoms with E-state index in [2.05, 4.69) is 5.32 Å². The van der Waals surface area contributed by atoms with E-state index < -0.39 is 0 Å². The molecule has 0 heterocycles. The molecule has 0 radical (unpaired) electrons. The molecule has 27 heavy (non-hydrogen) atoms. The molecule has 0 saturated carbocycles. The molecule has 0 aliphatic heterocycles. The van der Waals surface area contributed by atoms with Crippen LogP contribution < -0.4 is 10.1 Å². The Morgan fingerprint density at radius 1 is 1.00 bits per heavy atom. The lowest BCUT2D eigenvalue weighted by Gasteiger charge is -2.19. The lowest BCUT2D eigenvalue weighted by atomic mass is 10.1. The molecule has 0 aromatic heterocycles. The van der Waals surface area contributed by atoms with Crippen LogP contribution in [-0.4, -0.2) is 37.4 Å². The molecule has 5 heteroatoms. The van der Waals surface area contributed by atoms with Gasteiger partial charge in [0.05, 0.1) is 20.1 Å². The van der Waals surface area contributed by atoms with Crippen molar-refractivity contribution in [3.63, 3.8) is 0 Å². The number of methoxy groups -OCH3 is 1. The molecule has 2 aromatic rings. The van der Waals surface area contributed by atoms with E-state index >= 15 is 0 Å². The van der Waals surface area contributed by atoms with Crippen molar-refractivity contribution >= 4 is 17.5 Å². The highest BCUT2D eigenvalue weighted by Crippen LogP contribution is 2.22. The quantitative estimate of drug-likeness (QED) is 0.848. The summed E-state index contributed by atoms with van der Waals surface area (Å²) in [5.74, 6) is 0.334. The maximum absolute atomic E-state index is 12.5. The Bertz CT molecular complexity index is 836. The van der Waals surface area contributed by atoms with E-state index in [0.717, 1.165) is 33.5 Å². The molecule has 1 N–H and O–H groups in total. The van der Waals surface area contributed by atoms with E-state index in [1.165, 1.54) is 4.90 Å². The van der Waals surface area contributed by atoms with Crippen molar-refractivity contribution in [3.05, 3.63) is 58.1 Å². The molecular formula is C22H28N2O3. The zero-order chi connectivity index (χ0) is 20.1. The number of nitrogens with zero attached hydrogens (tertiary/aromatic N) is 1. The minimum atomic E-state index is -0.211. The minimum Gasteiger partial charge on any atom is -0.496 e. The number of likely N-dealkylation sites (N-methyl/N-ethyl adjacent to an activating group) is 1. The molecule has 0 fully saturated rings. The van der Waals surface area contributed by atoms with Crippen LogP contribution in [0.2, 0.25) is 0 Å². The first-order valence-corrected chi connectivity index (χ1v) is 8.96. The normalized spacial score (nSPS) is 10.4. The first-order valence-electron chi connectivity index (χ1n) is 8.96. The molecule has 0 saturated heterocycles. The van der Waals surface area contributed by atoms with Crippen molar-refractivity contribution in [2.45, 2.75) is 34.1 Å². The number of ether oxygens (including phenoxy) is 1. The Hall–Kier alpha value is -2.82. The third-order valence-corrected chi connectivity index (χ3v) is 4.53. The van der Waals surface area contributed by atoms with Gasteiger partial charge in [-0.25, -0.2) is 0 Å². The number of hydrogen-bond acceptors (Lipinski definition) is 3. The lowest BCUT2D eigenvalue weighted by molar-refractivity contribution is -0.132. The van der Waals surface area contributed by atoms with Crippen molar-refractivity contribution in [1.82, 2.24) is 4.90 Å². The molecule has 0 atom stereocenters. The number of anilines is 1. The lowest BCUT2D eigenvalue weighted by Crippen LogP contribution is -2.36. The summed E-state index contributed by atoms with van der Waals surface area (Å²) in [6.45, 7) is 7.93. The van der Waals surface area contributed by atoms with Gasteiger partial charge in [0, 0.05) is 18.3 Å². The van der Waals surface area contributed by atoms with Gasteiger partial charge in [0.2, 0.25) is 11.8 Å². The minimum absolute atomic E-state index is 0.000277. The average Bonchev–Trinajstić information content (AvgIpc) is 2.58. The highest BCUT2D eigenvalue weighted by molar-refractivity contribution is 5.96. The number of benzene rings is 2. The fourth-order valence-corrected chi connectivity index (χ4v) is 3.20. The summed E-state index contributed by atoms with van der Waals surface area (Å²) in [6, 6.07) is 9.79. The molecule has 144 valence electrons. The largest absolute Gasteiger partial charge is 0.496 e. The van der Waals surface area contributed by atoms with Crippen LogP contribution in [0.3, 0.4) is 0 Å². The number of carbonyl (C=O) groups is 2. The van der Waals surface area contributed by atoms with E-state index in [0.29, 0.717) is 5.75 Å². The Balaban J connectivity index is 2.02. The summed E-state index contributed by atoms with van der Waals surface area (Å²) >= 11 is 0. The van der Waals surface area contributed by atoms with Gasteiger partial charge in [0.15, 0.2) is 0 Å². The summed E-state index contributed by atoms with van der Waals surface area (Å²) in [6.07, 6.45) is 0.192. The second-order valence-electron chi connectivity index (χ2n) is 7.06. The van der Waals surface area contributed by atoms with Gasteiger partial charge >= 0.3 is 0 Å². The standard InChI is InChI=1S/C22H28N2O3/c1-14-7-8-19(27-6)18(11-14)12-21(26)24(5)13-20(25)23-22-16(3)9-15(2)10-17(22)4/h7-11H,12-13H2,1-6H3,(H,23,25). The van der Waals surface area contributed by atoms with Crippen molar-refractivity contribution in [1.29, 1.82) is 0 Å². The number of nitrogens with one attached hydrogen (secondary N) is 1. The SMILES string of the molecule is COc1ccc(C)cc1CC(=O)N(C)CC(=O)Nc1c(C)cc(C)cc1C. The predicted octanol–water partition coefficient (Wildman–Crippen LogP) is 3.57. The zero-order valence-electron chi connectivity index (χ0n) is 17.0. The zero-order valence-corrected chi connectivity index (χ0v) is 17.0. The van der Waals surface area contributed by atoms with Gasteiger partial charge in [0.25, 0.3) is 0 Å². The van der Waals surface area contributed by atoms with Gasteiger partial charge in [-0.05, 0) is 44.9 Å². The molecule has 0 spiro atoms. The third kappa shape index (κ3) is 5.33. The third-order valence-electron chi connectivity index (χ3n) is 4.53. The molecule has 2 aromatic carbocycles. The van der Waals surface area contributed by atoms with Crippen LogP contribution in [-0.2, 0) is 16.0 Å². The van der Waals surface area contributed by atoms with E-state index in [1.54, 1.807) is 14.2 Å². The van der Waals surface area contributed by atoms with Gasteiger partial charge in [-0.1, -0.05) is 35.4 Å². The van der Waals surface area contributed by atoms with Gasteiger partial charge in [-0.15, -0.1) is 0 Å². The number of hydrogen-bond donors (Lipinski definition) is 1.